The van der Waals surface area contributed by atoms with Crippen molar-refractivity contribution >= 4 is 17.7 Å². The third-order valence-electron chi connectivity index (χ3n) is 3.13. The largest absolute Gasteiger partial charge is 0.354 e. The second-order valence-corrected chi connectivity index (χ2v) is 5.56. The third kappa shape index (κ3) is 4.02. The van der Waals surface area contributed by atoms with Gasteiger partial charge in [-0.2, -0.15) is 0 Å². The minimum atomic E-state index is -0.118. The van der Waals surface area contributed by atoms with Crippen LogP contribution in [0.15, 0.2) is 24.3 Å². The molecule has 0 radical (unpaired) electrons. The summed E-state index contributed by atoms with van der Waals surface area (Å²) in [5, 5.41) is 6.23. The van der Waals surface area contributed by atoms with E-state index in [0.29, 0.717) is 12.3 Å². The maximum Gasteiger partial charge on any atom is 0.237 e. The topological polar surface area (TPSA) is 41.1 Å². The van der Waals surface area contributed by atoms with Gasteiger partial charge in [-0.25, -0.2) is 0 Å². The third-order valence-corrected chi connectivity index (χ3v) is 3.99. The summed E-state index contributed by atoms with van der Waals surface area (Å²) >= 11 is 1.66. The number of hydrogen-bond donors (Lipinski definition) is 2. The molecule has 1 amide bonds. The number of benzene rings is 1. The molecule has 2 N–H and O–H groups in total. The molecule has 3 nitrogen and oxygen atoms in total. The minimum Gasteiger partial charge on any atom is -0.354 e. The first kappa shape index (κ1) is 14.0. The van der Waals surface area contributed by atoms with Crippen LogP contribution in [0.5, 0.6) is 0 Å². The molecule has 1 unspecified atom stereocenters. The van der Waals surface area contributed by atoms with Crippen LogP contribution < -0.4 is 10.6 Å². The highest BCUT2D eigenvalue weighted by Gasteiger charge is 2.23. The van der Waals surface area contributed by atoms with Crippen molar-refractivity contribution in [2.75, 3.05) is 18.1 Å². The van der Waals surface area contributed by atoms with E-state index in [4.69, 9.17) is 6.42 Å². The molecule has 1 aromatic carbocycles. The van der Waals surface area contributed by atoms with Crippen molar-refractivity contribution in [3.63, 3.8) is 0 Å². The van der Waals surface area contributed by atoms with Crippen molar-refractivity contribution in [1.29, 1.82) is 0 Å². The Morgan fingerprint density at radius 2 is 2.26 bits per heavy atom. The Bertz CT molecular complexity index is 481. The molecule has 1 aliphatic heterocycles. The van der Waals surface area contributed by atoms with Gasteiger partial charge in [-0.15, -0.1) is 18.2 Å². The van der Waals surface area contributed by atoms with E-state index in [9.17, 15) is 4.79 Å². The van der Waals surface area contributed by atoms with Gasteiger partial charge >= 0.3 is 0 Å². The highest BCUT2D eigenvalue weighted by molar-refractivity contribution is 7.99. The zero-order valence-corrected chi connectivity index (χ0v) is 11.6. The van der Waals surface area contributed by atoms with Crippen LogP contribution in [0.3, 0.4) is 0 Å². The highest BCUT2D eigenvalue weighted by Crippen LogP contribution is 2.16. The fourth-order valence-electron chi connectivity index (χ4n) is 2.14. The van der Waals surface area contributed by atoms with Crippen LogP contribution in [0.4, 0.5) is 0 Å². The van der Waals surface area contributed by atoms with Crippen LogP contribution in [-0.2, 0) is 17.8 Å². The zero-order chi connectivity index (χ0) is 13.5. The normalized spacial score (nSPS) is 17.3. The predicted octanol–water partition coefficient (Wildman–Crippen LogP) is 1.18. The minimum absolute atomic E-state index is 0.0795. The van der Waals surface area contributed by atoms with Gasteiger partial charge in [0.05, 0.1) is 11.8 Å². The van der Waals surface area contributed by atoms with Gasteiger partial charge in [0, 0.05) is 18.8 Å². The molecule has 1 aliphatic rings. The van der Waals surface area contributed by atoms with Gasteiger partial charge in [-0.3, -0.25) is 4.79 Å². The van der Waals surface area contributed by atoms with Crippen LogP contribution >= 0.6 is 11.8 Å². The first-order chi connectivity index (χ1) is 9.31. The molecule has 0 saturated heterocycles. The van der Waals surface area contributed by atoms with E-state index in [1.54, 1.807) is 11.8 Å². The lowest BCUT2D eigenvalue weighted by atomic mass is 9.95. The van der Waals surface area contributed by atoms with E-state index in [1.807, 2.05) is 12.1 Å². The molecular formula is C15H18N2OS. The number of carbonyl (C=O) groups excluding carboxylic acids is 1. The highest BCUT2D eigenvalue weighted by atomic mass is 32.2. The molecule has 100 valence electrons. The Hall–Kier alpha value is -1.44. The summed E-state index contributed by atoms with van der Waals surface area (Å²) < 4.78 is 0. The monoisotopic (exact) mass is 274 g/mol. The summed E-state index contributed by atoms with van der Waals surface area (Å²) in [7, 11) is 0. The SMILES string of the molecule is C#CCSCCNC(=O)C1Cc2ccccc2CN1. The van der Waals surface area contributed by atoms with Gasteiger partial charge in [-0.05, 0) is 17.5 Å². The van der Waals surface area contributed by atoms with Crippen LogP contribution in [0, 0.1) is 12.3 Å². The molecule has 1 atom stereocenters. The Labute approximate surface area is 118 Å². The number of fused-ring (bicyclic) bond motifs is 1. The van der Waals surface area contributed by atoms with Gasteiger partial charge in [0.1, 0.15) is 0 Å². The number of amides is 1. The Morgan fingerprint density at radius 3 is 3.05 bits per heavy atom. The lowest BCUT2D eigenvalue weighted by molar-refractivity contribution is -0.123. The summed E-state index contributed by atoms with van der Waals surface area (Å²) in [4.78, 5) is 12.0. The van der Waals surface area contributed by atoms with E-state index in [1.165, 1.54) is 11.1 Å². The number of nitrogens with one attached hydrogen (secondary N) is 2. The summed E-state index contributed by atoms with van der Waals surface area (Å²) in [6.45, 7) is 1.44. The summed E-state index contributed by atoms with van der Waals surface area (Å²) in [6.07, 6.45) is 5.93. The van der Waals surface area contributed by atoms with Crippen molar-refractivity contribution in [2.45, 2.75) is 19.0 Å². The molecule has 0 bridgehead atoms. The van der Waals surface area contributed by atoms with Crippen molar-refractivity contribution in [3.05, 3.63) is 35.4 Å². The fourth-order valence-corrected chi connectivity index (χ4v) is 2.65. The molecular weight excluding hydrogens is 256 g/mol. The molecule has 0 spiro atoms. The lowest BCUT2D eigenvalue weighted by Crippen LogP contribution is -2.48. The summed E-state index contributed by atoms with van der Waals surface area (Å²) in [6, 6.07) is 8.14. The quantitative estimate of drug-likeness (QED) is 0.626. The average Bonchev–Trinajstić information content (AvgIpc) is 2.46. The van der Waals surface area contributed by atoms with Crippen LogP contribution in [-0.4, -0.2) is 30.0 Å². The second kappa shape index (κ2) is 7.22. The van der Waals surface area contributed by atoms with Crippen molar-refractivity contribution < 1.29 is 4.79 Å². The number of rotatable bonds is 5. The van der Waals surface area contributed by atoms with Crippen LogP contribution in [0.25, 0.3) is 0 Å². The van der Waals surface area contributed by atoms with Crippen molar-refractivity contribution in [1.82, 2.24) is 10.6 Å². The van der Waals surface area contributed by atoms with Crippen molar-refractivity contribution in [3.8, 4) is 12.3 Å². The Morgan fingerprint density at radius 1 is 1.47 bits per heavy atom. The fraction of sp³-hybridized carbons (Fsp3) is 0.400. The molecule has 0 aliphatic carbocycles. The van der Waals surface area contributed by atoms with E-state index < -0.39 is 0 Å². The van der Waals surface area contributed by atoms with E-state index >= 15 is 0 Å². The molecule has 0 fully saturated rings. The zero-order valence-electron chi connectivity index (χ0n) is 10.8. The van der Waals surface area contributed by atoms with E-state index in [0.717, 1.165) is 18.7 Å². The summed E-state index contributed by atoms with van der Waals surface area (Å²) in [5.41, 5.74) is 2.55. The number of hydrogen-bond acceptors (Lipinski definition) is 3. The molecule has 1 aromatic rings. The maximum absolute atomic E-state index is 12.0. The first-order valence-corrected chi connectivity index (χ1v) is 7.56. The van der Waals surface area contributed by atoms with E-state index in [-0.39, 0.29) is 11.9 Å². The van der Waals surface area contributed by atoms with Gasteiger partial charge in [-0.1, -0.05) is 30.2 Å². The maximum atomic E-state index is 12.0. The van der Waals surface area contributed by atoms with Gasteiger partial charge < -0.3 is 10.6 Å². The summed E-state index contributed by atoms with van der Waals surface area (Å²) in [5.74, 6) is 4.21. The number of terminal acetylenes is 1. The molecule has 2 rings (SSSR count). The molecule has 0 aromatic heterocycles. The van der Waals surface area contributed by atoms with E-state index in [2.05, 4.69) is 28.7 Å². The lowest BCUT2D eigenvalue weighted by Gasteiger charge is -2.25. The molecule has 4 heteroatoms. The van der Waals surface area contributed by atoms with Crippen molar-refractivity contribution in [2.24, 2.45) is 0 Å². The first-order valence-electron chi connectivity index (χ1n) is 6.40. The Kier molecular flexibility index (Phi) is 5.31. The Balaban J connectivity index is 1.78. The number of thioether (sulfide) groups is 1. The number of carbonyl (C=O) groups is 1. The van der Waals surface area contributed by atoms with Crippen LogP contribution in [0.1, 0.15) is 11.1 Å². The van der Waals surface area contributed by atoms with Crippen LogP contribution in [0.2, 0.25) is 0 Å². The second-order valence-electron chi connectivity index (χ2n) is 4.45. The standard InChI is InChI=1S/C15H18N2OS/c1-2-8-19-9-7-16-15(18)14-10-12-5-3-4-6-13(12)11-17-14/h1,3-6,14,17H,7-11H2,(H,16,18). The average molecular weight is 274 g/mol. The molecule has 19 heavy (non-hydrogen) atoms. The van der Waals surface area contributed by atoms with Gasteiger partial charge in [0.25, 0.3) is 0 Å². The molecule has 1 heterocycles. The molecule has 0 saturated carbocycles. The van der Waals surface area contributed by atoms with Gasteiger partial charge in [0.2, 0.25) is 5.91 Å². The van der Waals surface area contributed by atoms with Gasteiger partial charge in [0.15, 0.2) is 0 Å². The smallest absolute Gasteiger partial charge is 0.237 e. The predicted molar refractivity (Wildman–Crippen MR) is 79.9 cm³/mol.